The third-order valence-corrected chi connectivity index (χ3v) is 4.49. The maximum absolute atomic E-state index is 12.3. The number of rotatable bonds is 5. The summed E-state index contributed by atoms with van der Waals surface area (Å²) in [5.41, 5.74) is 1.28. The molecular weight excluding hydrogens is 350 g/mol. The zero-order valence-electron chi connectivity index (χ0n) is 12.5. The molecule has 0 unspecified atom stereocenters. The number of hydrogen-bond acceptors (Lipinski definition) is 3. The molecule has 2 rings (SSSR count). The fraction of sp³-hybridized carbons (Fsp3) is 0.500. The van der Waals surface area contributed by atoms with E-state index in [1.807, 2.05) is 25.1 Å². The largest absolute Gasteiger partial charge is 0.481 e. The van der Waals surface area contributed by atoms with Crippen LogP contribution in [-0.4, -0.2) is 35.7 Å². The fourth-order valence-corrected chi connectivity index (χ4v) is 3.24. The van der Waals surface area contributed by atoms with Crippen LogP contribution in [-0.2, 0) is 20.7 Å². The van der Waals surface area contributed by atoms with Gasteiger partial charge >= 0.3 is 5.97 Å². The lowest BCUT2D eigenvalue weighted by atomic mass is 9.86. The van der Waals surface area contributed by atoms with Crippen LogP contribution in [0.1, 0.15) is 30.4 Å². The molecule has 0 radical (unpaired) electrons. The molecular formula is C16H20BrNO4. The van der Waals surface area contributed by atoms with Crippen LogP contribution < -0.4 is 5.32 Å². The second kappa shape index (κ2) is 7.24. The van der Waals surface area contributed by atoms with Crippen LogP contribution in [0.4, 0.5) is 0 Å². The van der Waals surface area contributed by atoms with Crippen LogP contribution in [0.5, 0.6) is 0 Å². The molecule has 0 saturated carbocycles. The highest BCUT2D eigenvalue weighted by molar-refractivity contribution is 9.10. The van der Waals surface area contributed by atoms with Crippen molar-refractivity contribution in [3.63, 3.8) is 0 Å². The van der Waals surface area contributed by atoms with E-state index in [1.165, 1.54) is 0 Å². The zero-order valence-corrected chi connectivity index (χ0v) is 14.1. The Kier molecular flexibility index (Phi) is 5.58. The summed E-state index contributed by atoms with van der Waals surface area (Å²) in [6, 6.07) is 5.77. The maximum Gasteiger partial charge on any atom is 0.305 e. The maximum atomic E-state index is 12.3. The summed E-state index contributed by atoms with van der Waals surface area (Å²) >= 11 is 3.40. The van der Waals surface area contributed by atoms with Gasteiger partial charge in [-0.1, -0.05) is 22.0 Å². The minimum Gasteiger partial charge on any atom is -0.481 e. The minimum absolute atomic E-state index is 0.0680. The number of nitrogens with one attached hydrogen (secondary N) is 1. The molecule has 1 aliphatic rings. The van der Waals surface area contributed by atoms with Crippen molar-refractivity contribution in [3.05, 3.63) is 33.8 Å². The van der Waals surface area contributed by atoms with E-state index in [2.05, 4.69) is 21.2 Å². The monoisotopic (exact) mass is 369 g/mol. The van der Waals surface area contributed by atoms with Gasteiger partial charge in [0.05, 0.1) is 18.4 Å². The molecule has 1 aromatic carbocycles. The van der Waals surface area contributed by atoms with Gasteiger partial charge in [-0.15, -0.1) is 0 Å². The molecule has 1 heterocycles. The molecule has 0 aliphatic carbocycles. The highest BCUT2D eigenvalue weighted by atomic mass is 79.9. The predicted octanol–water partition coefficient (Wildman–Crippen LogP) is 2.44. The van der Waals surface area contributed by atoms with Crippen molar-refractivity contribution in [1.82, 2.24) is 5.32 Å². The van der Waals surface area contributed by atoms with Gasteiger partial charge < -0.3 is 15.2 Å². The topological polar surface area (TPSA) is 75.6 Å². The molecule has 120 valence electrons. The average molecular weight is 370 g/mol. The standard InChI is InChI=1S/C16H20BrNO4/c1-11-8-13(17)3-2-12(11)9-14(19)18-16(10-15(20)21)4-6-22-7-5-16/h2-3,8H,4-7,9-10H2,1H3,(H,18,19)(H,20,21). The van der Waals surface area contributed by atoms with Crippen molar-refractivity contribution in [3.8, 4) is 0 Å². The molecule has 0 bridgehead atoms. The van der Waals surface area contributed by atoms with Crippen LogP contribution in [0, 0.1) is 6.92 Å². The summed E-state index contributed by atoms with van der Waals surface area (Å²) in [5.74, 6) is -1.05. The van der Waals surface area contributed by atoms with Gasteiger partial charge in [-0.2, -0.15) is 0 Å². The fourth-order valence-electron chi connectivity index (χ4n) is 2.77. The first-order valence-electron chi connectivity index (χ1n) is 7.26. The highest BCUT2D eigenvalue weighted by Crippen LogP contribution is 2.25. The SMILES string of the molecule is Cc1cc(Br)ccc1CC(=O)NC1(CC(=O)O)CCOCC1. The average Bonchev–Trinajstić information content (AvgIpc) is 2.42. The third-order valence-electron chi connectivity index (χ3n) is 4.00. The molecule has 0 spiro atoms. The number of ether oxygens (including phenoxy) is 1. The molecule has 6 heteroatoms. The van der Waals surface area contributed by atoms with E-state index in [9.17, 15) is 9.59 Å². The smallest absolute Gasteiger partial charge is 0.305 e. The van der Waals surface area contributed by atoms with Gasteiger partial charge in [-0.25, -0.2) is 0 Å². The molecule has 1 amide bonds. The Morgan fingerprint density at radius 1 is 1.36 bits per heavy atom. The Bertz CT molecular complexity index is 567. The van der Waals surface area contributed by atoms with Gasteiger partial charge in [0.1, 0.15) is 0 Å². The number of aryl methyl sites for hydroxylation is 1. The highest BCUT2D eigenvalue weighted by Gasteiger charge is 2.36. The lowest BCUT2D eigenvalue weighted by molar-refractivity contribution is -0.140. The Morgan fingerprint density at radius 3 is 2.64 bits per heavy atom. The summed E-state index contributed by atoms with van der Waals surface area (Å²) in [6.07, 6.45) is 1.25. The van der Waals surface area contributed by atoms with Gasteiger partial charge in [0.15, 0.2) is 0 Å². The van der Waals surface area contributed by atoms with Crippen LogP contribution in [0.15, 0.2) is 22.7 Å². The number of amides is 1. The Labute approximate surface area is 138 Å². The number of hydrogen-bond donors (Lipinski definition) is 2. The summed E-state index contributed by atoms with van der Waals surface area (Å²) < 4.78 is 6.26. The number of carbonyl (C=O) groups is 2. The second-order valence-electron chi connectivity index (χ2n) is 5.76. The van der Waals surface area contributed by atoms with Gasteiger partial charge in [-0.3, -0.25) is 9.59 Å². The Balaban J connectivity index is 2.06. The van der Waals surface area contributed by atoms with Crippen molar-refractivity contribution in [2.75, 3.05) is 13.2 Å². The third kappa shape index (κ3) is 4.55. The van der Waals surface area contributed by atoms with Gasteiger partial charge in [-0.05, 0) is 43.0 Å². The molecule has 1 aromatic rings. The van der Waals surface area contributed by atoms with Crippen molar-refractivity contribution in [2.24, 2.45) is 0 Å². The van der Waals surface area contributed by atoms with Crippen molar-refractivity contribution in [1.29, 1.82) is 0 Å². The molecule has 2 N–H and O–H groups in total. The van der Waals surface area contributed by atoms with Crippen molar-refractivity contribution in [2.45, 2.75) is 38.1 Å². The van der Waals surface area contributed by atoms with Crippen molar-refractivity contribution < 1.29 is 19.4 Å². The quantitative estimate of drug-likeness (QED) is 0.835. The molecule has 0 atom stereocenters. The number of carboxylic acids is 1. The first-order chi connectivity index (χ1) is 10.4. The number of halogens is 1. The Morgan fingerprint density at radius 2 is 2.05 bits per heavy atom. The lowest BCUT2D eigenvalue weighted by Gasteiger charge is -2.37. The summed E-state index contributed by atoms with van der Waals surface area (Å²) in [4.78, 5) is 23.5. The normalized spacial score (nSPS) is 17.0. The van der Waals surface area contributed by atoms with Gasteiger partial charge in [0, 0.05) is 17.7 Å². The first-order valence-corrected chi connectivity index (χ1v) is 8.05. The van der Waals surface area contributed by atoms with E-state index in [0.717, 1.165) is 15.6 Å². The zero-order chi connectivity index (χ0) is 16.2. The van der Waals surface area contributed by atoms with E-state index >= 15 is 0 Å². The van der Waals surface area contributed by atoms with Crippen LogP contribution in [0.25, 0.3) is 0 Å². The van der Waals surface area contributed by atoms with Crippen LogP contribution >= 0.6 is 15.9 Å². The first kappa shape index (κ1) is 17.0. The number of aliphatic carboxylic acids is 1. The van der Waals surface area contributed by atoms with E-state index < -0.39 is 11.5 Å². The van der Waals surface area contributed by atoms with E-state index in [1.54, 1.807) is 0 Å². The molecule has 0 aromatic heterocycles. The van der Waals surface area contributed by atoms with Crippen LogP contribution in [0.3, 0.4) is 0 Å². The van der Waals surface area contributed by atoms with E-state index in [4.69, 9.17) is 9.84 Å². The predicted molar refractivity (Wildman–Crippen MR) is 85.8 cm³/mol. The minimum atomic E-state index is -0.901. The Hall–Kier alpha value is -1.40. The molecule has 1 saturated heterocycles. The summed E-state index contributed by atoms with van der Waals surface area (Å²) in [5, 5.41) is 12.1. The molecule has 22 heavy (non-hydrogen) atoms. The summed E-state index contributed by atoms with van der Waals surface area (Å²) in [7, 11) is 0. The number of benzene rings is 1. The molecule has 1 aliphatic heterocycles. The molecule has 1 fully saturated rings. The molecule has 5 nitrogen and oxygen atoms in total. The van der Waals surface area contributed by atoms with E-state index in [0.29, 0.717) is 26.1 Å². The van der Waals surface area contributed by atoms with Gasteiger partial charge in [0.25, 0.3) is 0 Å². The number of carbonyl (C=O) groups excluding carboxylic acids is 1. The van der Waals surface area contributed by atoms with Crippen molar-refractivity contribution >= 4 is 27.8 Å². The number of carboxylic acid groups (broad SMARTS) is 1. The van der Waals surface area contributed by atoms with E-state index in [-0.39, 0.29) is 18.7 Å². The second-order valence-corrected chi connectivity index (χ2v) is 6.67. The van der Waals surface area contributed by atoms with Crippen LogP contribution in [0.2, 0.25) is 0 Å². The van der Waals surface area contributed by atoms with Gasteiger partial charge in [0.2, 0.25) is 5.91 Å². The summed E-state index contributed by atoms with van der Waals surface area (Å²) in [6.45, 7) is 2.91. The lowest BCUT2D eigenvalue weighted by Crippen LogP contribution is -2.53.